The second kappa shape index (κ2) is 6.02. The fourth-order valence-corrected chi connectivity index (χ4v) is 1.76. The second-order valence-electron chi connectivity index (χ2n) is 3.98. The maximum absolute atomic E-state index is 12.1. The van der Waals surface area contributed by atoms with Crippen LogP contribution in [0.3, 0.4) is 0 Å². The number of carbonyl (C=O) groups is 1. The Bertz CT molecular complexity index is 407. The van der Waals surface area contributed by atoms with Crippen molar-refractivity contribution in [2.24, 2.45) is 0 Å². The van der Waals surface area contributed by atoms with E-state index in [4.69, 9.17) is 5.11 Å². The highest BCUT2D eigenvalue weighted by Crippen LogP contribution is 2.25. The number of hydrogen-bond acceptors (Lipinski definition) is 3. The third-order valence-corrected chi connectivity index (χ3v) is 3.09. The molecule has 17 heavy (non-hydrogen) atoms. The number of halogens is 1. The summed E-state index contributed by atoms with van der Waals surface area (Å²) in [5.41, 5.74) is 0.410. The first-order valence-corrected chi connectivity index (χ1v) is 6.17. The zero-order valence-electron chi connectivity index (χ0n) is 9.85. The van der Waals surface area contributed by atoms with E-state index >= 15 is 0 Å². The fraction of sp³-hybridized carbons (Fsp3) is 0.417. The molecule has 94 valence electrons. The third kappa shape index (κ3) is 3.44. The maximum atomic E-state index is 12.1. The molecule has 0 saturated carbocycles. The highest BCUT2D eigenvalue weighted by atomic mass is 79.9. The summed E-state index contributed by atoms with van der Waals surface area (Å²) in [5.74, 6) is -0.166. The van der Waals surface area contributed by atoms with Gasteiger partial charge in [-0.15, -0.1) is 0 Å². The first kappa shape index (κ1) is 14.0. The molecule has 0 saturated heterocycles. The molecular formula is C12H16BrNO3. The van der Waals surface area contributed by atoms with Gasteiger partial charge in [-0.25, -0.2) is 0 Å². The molecule has 0 atom stereocenters. The topological polar surface area (TPSA) is 60.8 Å². The average Bonchev–Trinajstić information content (AvgIpc) is 2.28. The highest BCUT2D eigenvalue weighted by molar-refractivity contribution is 9.10. The molecule has 0 radical (unpaired) electrons. The maximum Gasteiger partial charge on any atom is 0.254 e. The van der Waals surface area contributed by atoms with Gasteiger partial charge in [-0.3, -0.25) is 4.79 Å². The number of phenolic OH excluding ortho intramolecular Hbond substituents is 1. The van der Waals surface area contributed by atoms with E-state index in [1.807, 2.05) is 13.8 Å². The van der Waals surface area contributed by atoms with Crippen molar-refractivity contribution in [3.8, 4) is 5.75 Å². The van der Waals surface area contributed by atoms with Gasteiger partial charge in [0, 0.05) is 18.2 Å². The Morgan fingerprint density at radius 3 is 2.59 bits per heavy atom. The van der Waals surface area contributed by atoms with Gasteiger partial charge >= 0.3 is 0 Å². The number of benzene rings is 1. The lowest BCUT2D eigenvalue weighted by atomic mass is 10.1. The lowest BCUT2D eigenvalue weighted by molar-refractivity contribution is 0.0665. The number of carbonyl (C=O) groups excluding carboxylic acids is 1. The lowest BCUT2D eigenvalue weighted by Crippen LogP contribution is -2.38. The third-order valence-electron chi connectivity index (χ3n) is 2.42. The Kier molecular flexibility index (Phi) is 4.96. The van der Waals surface area contributed by atoms with E-state index in [1.54, 1.807) is 17.0 Å². The molecule has 1 aromatic rings. The van der Waals surface area contributed by atoms with E-state index in [0.29, 0.717) is 10.0 Å². The smallest absolute Gasteiger partial charge is 0.254 e. The van der Waals surface area contributed by atoms with Crippen LogP contribution in [0.15, 0.2) is 22.7 Å². The van der Waals surface area contributed by atoms with Gasteiger partial charge in [0.25, 0.3) is 5.91 Å². The van der Waals surface area contributed by atoms with E-state index < -0.39 is 0 Å². The Hall–Kier alpha value is -1.07. The molecule has 4 nitrogen and oxygen atoms in total. The molecule has 0 aliphatic carbocycles. The van der Waals surface area contributed by atoms with E-state index in [2.05, 4.69) is 15.9 Å². The molecule has 0 fully saturated rings. The summed E-state index contributed by atoms with van der Waals surface area (Å²) < 4.78 is 0.548. The van der Waals surface area contributed by atoms with Crippen molar-refractivity contribution in [2.45, 2.75) is 19.9 Å². The SMILES string of the molecule is CC(C)N(CCO)C(=O)c1ccc(Br)c(O)c1. The van der Waals surface area contributed by atoms with Crippen LogP contribution in [0, 0.1) is 0 Å². The van der Waals surface area contributed by atoms with E-state index in [9.17, 15) is 9.90 Å². The van der Waals surface area contributed by atoms with Crippen molar-refractivity contribution in [1.82, 2.24) is 4.90 Å². The normalized spacial score (nSPS) is 10.6. The van der Waals surface area contributed by atoms with Gasteiger partial charge in [0.05, 0.1) is 11.1 Å². The molecule has 0 aliphatic heterocycles. The molecule has 2 N–H and O–H groups in total. The summed E-state index contributed by atoms with van der Waals surface area (Å²) in [6, 6.07) is 4.68. The predicted molar refractivity (Wildman–Crippen MR) is 69.1 cm³/mol. The summed E-state index contributed by atoms with van der Waals surface area (Å²) in [6.45, 7) is 3.97. The first-order chi connectivity index (χ1) is 7.97. The summed E-state index contributed by atoms with van der Waals surface area (Å²) in [4.78, 5) is 13.7. The zero-order valence-corrected chi connectivity index (χ0v) is 11.4. The summed E-state index contributed by atoms with van der Waals surface area (Å²) in [5, 5.41) is 18.5. The van der Waals surface area contributed by atoms with Crippen LogP contribution in [0.2, 0.25) is 0 Å². The number of phenols is 1. The van der Waals surface area contributed by atoms with Crippen LogP contribution in [0.5, 0.6) is 5.75 Å². The second-order valence-corrected chi connectivity index (χ2v) is 4.84. The van der Waals surface area contributed by atoms with Crippen molar-refractivity contribution < 1.29 is 15.0 Å². The fourth-order valence-electron chi connectivity index (χ4n) is 1.51. The van der Waals surface area contributed by atoms with Crippen LogP contribution in [0.4, 0.5) is 0 Å². The van der Waals surface area contributed by atoms with Gasteiger partial charge in [0.1, 0.15) is 5.75 Å². The van der Waals surface area contributed by atoms with Gasteiger partial charge in [-0.05, 0) is 48.0 Å². The number of aliphatic hydroxyl groups excluding tert-OH is 1. The average molecular weight is 302 g/mol. The standard InChI is InChI=1S/C12H16BrNO3/c1-8(2)14(5-6-15)12(17)9-3-4-10(13)11(16)7-9/h3-4,7-8,15-16H,5-6H2,1-2H3. The molecule has 0 aliphatic rings. The van der Waals surface area contributed by atoms with Crippen molar-refractivity contribution in [2.75, 3.05) is 13.2 Å². The summed E-state index contributed by atoms with van der Waals surface area (Å²) >= 11 is 3.16. The van der Waals surface area contributed by atoms with Crippen LogP contribution in [0.1, 0.15) is 24.2 Å². The molecule has 5 heteroatoms. The predicted octanol–water partition coefficient (Wildman–Crippen LogP) is 2.00. The quantitative estimate of drug-likeness (QED) is 0.894. The van der Waals surface area contributed by atoms with Crippen LogP contribution in [0.25, 0.3) is 0 Å². The number of aliphatic hydroxyl groups is 1. The molecule has 1 aromatic carbocycles. The lowest BCUT2D eigenvalue weighted by Gasteiger charge is -2.26. The number of aromatic hydroxyl groups is 1. The zero-order chi connectivity index (χ0) is 13.0. The molecule has 0 heterocycles. The molecule has 0 bridgehead atoms. The van der Waals surface area contributed by atoms with Gasteiger partial charge < -0.3 is 15.1 Å². The monoisotopic (exact) mass is 301 g/mol. The van der Waals surface area contributed by atoms with Crippen LogP contribution in [-0.4, -0.2) is 40.2 Å². The Balaban J connectivity index is 2.97. The highest BCUT2D eigenvalue weighted by Gasteiger charge is 2.18. The number of nitrogens with zero attached hydrogens (tertiary/aromatic N) is 1. The largest absolute Gasteiger partial charge is 0.507 e. The van der Waals surface area contributed by atoms with Gasteiger partial charge in [-0.2, -0.15) is 0 Å². The molecular weight excluding hydrogens is 286 g/mol. The van der Waals surface area contributed by atoms with Crippen LogP contribution < -0.4 is 0 Å². The van der Waals surface area contributed by atoms with E-state index in [1.165, 1.54) is 6.07 Å². The van der Waals surface area contributed by atoms with Crippen molar-refractivity contribution in [3.05, 3.63) is 28.2 Å². The molecule has 0 unspecified atom stereocenters. The van der Waals surface area contributed by atoms with Crippen LogP contribution in [-0.2, 0) is 0 Å². The Morgan fingerprint density at radius 2 is 2.12 bits per heavy atom. The van der Waals surface area contributed by atoms with Gasteiger partial charge in [0.2, 0.25) is 0 Å². The molecule has 1 amide bonds. The first-order valence-electron chi connectivity index (χ1n) is 5.37. The summed E-state index contributed by atoms with van der Waals surface area (Å²) in [6.07, 6.45) is 0. The number of rotatable bonds is 4. The van der Waals surface area contributed by atoms with E-state index in [-0.39, 0.29) is 30.9 Å². The van der Waals surface area contributed by atoms with Crippen molar-refractivity contribution in [1.29, 1.82) is 0 Å². The van der Waals surface area contributed by atoms with Crippen molar-refractivity contribution in [3.63, 3.8) is 0 Å². The summed E-state index contributed by atoms with van der Waals surface area (Å²) in [7, 11) is 0. The van der Waals surface area contributed by atoms with E-state index in [0.717, 1.165) is 0 Å². The minimum atomic E-state index is -0.197. The number of hydrogen-bond donors (Lipinski definition) is 2. The minimum absolute atomic E-state index is 0.000407. The molecule has 0 spiro atoms. The van der Waals surface area contributed by atoms with Gasteiger partial charge in [0.15, 0.2) is 0 Å². The van der Waals surface area contributed by atoms with Crippen LogP contribution >= 0.6 is 15.9 Å². The molecule has 1 rings (SSSR count). The number of amides is 1. The Morgan fingerprint density at radius 1 is 1.47 bits per heavy atom. The molecule has 0 aromatic heterocycles. The Labute approximate surface area is 109 Å². The minimum Gasteiger partial charge on any atom is -0.507 e. The van der Waals surface area contributed by atoms with Gasteiger partial charge in [-0.1, -0.05) is 0 Å². The van der Waals surface area contributed by atoms with Crippen molar-refractivity contribution >= 4 is 21.8 Å².